The van der Waals surface area contributed by atoms with Crippen LogP contribution in [0.4, 0.5) is 13.2 Å². The minimum atomic E-state index is -4.05. The highest BCUT2D eigenvalue weighted by molar-refractivity contribution is 4.90. The Morgan fingerprint density at radius 3 is 2.44 bits per heavy atom. The predicted octanol–water partition coefficient (Wildman–Crippen LogP) is 2.61. The molecule has 0 saturated heterocycles. The molecule has 0 radical (unpaired) electrons. The Labute approximate surface area is 94.2 Å². The summed E-state index contributed by atoms with van der Waals surface area (Å²) in [6, 6.07) is 0.0342. The van der Waals surface area contributed by atoms with E-state index in [-0.39, 0.29) is 12.5 Å². The van der Waals surface area contributed by atoms with Crippen LogP contribution >= 0.6 is 0 Å². The minimum absolute atomic E-state index is 0.0342. The van der Waals surface area contributed by atoms with Crippen molar-refractivity contribution >= 4 is 0 Å². The second kappa shape index (κ2) is 5.36. The molecule has 1 atom stereocenters. The van der Waals surface area contributed by atoms with Crippen molar-refractivity contribution in [3.8, 4) is 0 Å². The number of aliphatic hydroxyl groups is 1. The lowest BCUT2D eigenvalue weighted by Gasteiger charge is -2.37. The van der Waals surface area contributed by atoms with Crippen molar-refractivity contribution in [2.45, 2.75) is 63.3 Å². The zero-order chi connectivity index (χ0) is 12.2. The number of alkyl halides is 3. The van der Waals surface area contributed by atoms with Gasteiger partial charge in [-0.25, -0.2) is 0 Å². The molecule has 0 heterocycles. The number of hydrogen-bond acceptors (Lipinski definition) is 2. The first-order valence-corrected chi connectivity index (χ1v) is 5.83. The fraction of sp³-hybridized carbons (Fsp3) is 1.00. The number of rotatable bonds is 6. The van der Waals surface area contributed by atoms with E-state index in [9.17, 15) is 18.3 Å². The van der Waals surface area contributed by atoms with Crippen LogP contribution in [0.1, 0.15) is 45.4 Å². The van der Waals surface area contributed by atoms with Gasteiger partial charge in [0.15, 0.2) is 0 Å². The van der Waals surface area contributed by atoms with Crippen molar-refractivity contribution < 1.29 is 18.3 Å². The third-order valence-electron chi connectivity index (χ3n) is 3.16. The third-order valence-corrected chi connectivity index (χ3v) is 3.16. The van der Waals surface area contributed by atoms with Crippen molar-refractivity contribution in [2.24, 2.45) is 0 Å². The Morgan fingerprint density at radius 2 is 2.00 bits per heavy atom. The van der Waals surface area contributed by atoms with E-state index in [1.165, 1.54) is 0 Å². The van der Waals surface area contributed by atoms with E-state index >= 15 is 0 Å². The average Bonchev–Trinajstić information content (AvgIpc) is 2.09. The van der Waals surface area contributed by atoms with Gasteiger partial charge in [-0.3, -0.25) is 0 Å². The Morgan fingerprint density at radius 1 is 1.38 bits per heavy atom. The van der Waals surface area contributed by atoms with Gasteiger partial charge in [-0.15, -0.1) is 0 Å². The quantitative estimate of drug-likeness (QED) is 0.746. The van der Waals surface area contributed by atoms with Gasteiger partial charge in [0.25, 0.3) is 0 Å². The summed E-state index contributed by atoms with van der Waals surface area (Å²) in [6.07, 6.45) is -1.48. The molecule has 1 rings (SSSR count). The molecule has 0 bridgehead atoms. The topological polar surface area (TPSA) is 32.3 Å². The number of hydrogen-bond donors (Lipinski definition) is 2. The fourth-order valence-corrected chi connectivity index (χ4v) is 1.84. The van der Waals surface area contributed by atoms with E-state index in [1.807, 2.05) is 6.92 Å². The van der Waals surface area contributed by atoms with Crippen LogP contribution in [0.25, 0.3) is 0 Å². The van der Waals surface area contributed by atoms with Crippen LogP contribution in [0, 0.1) is 0 Å². The third kappa shape index (κ3) is 5.16. The lowest BCUT2D eigenvalue weighted by Crippen LogP contribution is -2.48. The van der Waals surface area contributed by atoms with E-state index in [4.69, 9.17) is 0 Å². The summed E-state index contributed by atoms with van der Waals surface area (Å²) in [5.74, 6) is 0. The van der Waals surface area contributed by atoms with Crippen molar-refractivity contribution in [3.05, 3.63) is 0 Å². The SMILES string of the molecule is CC(CCCC(F)(F)F)NCC1(O)CCC1. The summed E-state index contributed by atoms with van der Waals surface area (Å²) in [7, 11) is 0. The maximum absolute atomic E-state index is 11.9. The maximum atomic E-state index is 11.9. The molecule has 5 heteroatoms. The lowest BCUT2D eigenvalue weighted by molar-refractivity contribution is -0.135. The predicted molar refractivity (Wildman–Crippen MR) is 56.2 cm³/mol. The normalized spacial score (nSPS) is 21.6. The van der Waals surface area contributed by atoms with Crippen molar-refractivity contribution in [1.82, 2.24) is 5.32 Å². The molecular formula is C11H20F3NO. The molecule has 2 nitrogen and oxygen atoms in total. The molecule has 1 aliphatic carbocycles. The Balaban J connectivity index is 2.04. The summed E-state index contributed by atoms with van der Waals surface area (Å²) in [4.78, 5) is 0. The van der Waals surface area contributed by atoms with Crippen LogP contribution in [0.5, 0.6) is 0 Å². The average molecular weight is 239 g/mol. The first kappa shape index (κ1) is 13.8. The van der Waals surface area contributed by atoms with Crippen LogP contribution < -0.4 is 5.32 Å². The second-order valence-corrected chi connectivity index (χ2v) is 4.87. The van der Waals surface area contributed by atoms with Gasteiger partial charge >= 0.3 is 6.18 Å². The van der Waals surface area contributed by atoms with Gasteiger partial charge in [0.05, 0.1) is 5.60 Å². The van der Waals surface area contributed by atoms with Gasteiger partial charge in [0, 0.05) is 19.0 Å². The molecule has 1 fully saturated rings. The van der Waals surface area contributed by atoms with Gasteiger partial charge in [-0.2, -0.15) is 13.2 Å². The summed E-state index contributed by atoms with van der Waals surface area (Å²) in [5.41, 5.74) is -0.599. The molecule has 1 unspecified atom stereocenters. The molecule has 16 heavy (non-hydrogen) atoms. The van der Waals surface area contributed by atoms with Crippen molar-refractivity contribution in [2.75, 3.05) is 6.54 Å². The highest BCUT2D eigenvalue weighted by atomic mass is 19.4. The molecule has 0 spiro atoms. The monoisotopic (exact) mass is 239 g/mol. The van der Waals surface area contributed by atoms with E-state index in [2.05, 4.69) is 5.32 Å². The molecule has 1 saturated carbocycles. The molecule has 0 aromatic heterocycles. The van der Waals surface area contributed by atoms with Gasteiger partial charge in [-0.1, -0.05) is 0 Å². The zero-order valence-corrected chi connectivity index (χ0v) is 9.61. The first-order chi connectivity index (χ1) is 7.31. The fourth-order valence-electron chi connectivity index (χ4n) is 1.84. The van der Waals surface area contributed by atoms with Gasteiger partial charge < -0.3 is 10.4 Å². The first-order valence-electron chi connectivity index (χ1n) is 5.83. The lowest BCUT2D eigenvalue weighted by atomic mass is 9.80. The largest absolute Gasteiger partial charge is 0.389 e. The van der Waals surface area contributed by atoms with Crippen LogP contribution in [0.2, 0.25) is 0 Å². The van der Waals surface area contributed by atoms with Crippen LogP contribution in [-0.4, -0.2) is 29.5 Å². The highest BCUT2D eigenvalue weighted by Crippen LogP contribution is 2.30. The zero-order valence-electron chi connectivity index (χ0n) is 9.61. The second-order valence-electron chi connectivity index (χ2n) is 4.87. The van der Waals surface area contributed by atoms with E-state index in [0.717, 1.165) is 19.3 Å². The smallest absolute Gasteiger partial charge is 0.389 e. The molecule has 0 amide bonds. The molecule has 1 aliphatic rings. The van der Waals surface area contributed by atoms with Gasteiger partial charge in [0.1, 0.15) is 0 Å². The van der Waals surface area contributed by atoms with Crippen LogP contribution in [-0.2, 0) is 0 Å². The van der Waals surface area contributed by atoms with Gasteiger partial charge in [-0.05, 0) is 39.0 Å². The summed E-state index contributed by atoms with van der Waals surface area (Å²) >= 11 is 0. The maximum Gasteiger partial charge on any atom is 0.389 e. The Hall–Kier alpha value is -0.290. The summed E-state index contributed by atoms with van der Waals surface area (Å²) in [6.45, 7) is 2.36. The van der Waals surface area contributed by atoms with Crippen LogP contribution in [0.3, 0.4) is 0 Å². The van der Waals surface area contributed by atoms with E-state index in [1.54, 1.807) is 0 Å². The number of halogens is 3. The van der Waals surface area contributed by atoms with E-state index in [0.29, 0.717) is 13.0 Å². The van der Waals surface area contributed by atoms with Gasteiger partial charge in [0.2, 0.25) is 0 Å². The van der Waals surface area contributed by atoms with Crippen molar-refractivity contribution in [3.63, 3.8) is 0 Å². The summed E-state index contributed by atoms with van der Waals surface area (Å²) < 4.78 is 35.7. The molecule has 96 valence electrons. The van der Waals surface area contributed by atoms with Crippen molar-refractivity contribution in [1.29, 1.82) is 0 Å². The Kier molecular flexibility index (Phi) is 4.62. The molecular weight excluding hydrogens is 219 g/mol. The highest BCUT2D eigenvalue weighted by Gasteiger charge is 2.34. The Bertz CT molecular complexity index is 214. The number of nitrogens with one attached hydrogen (secondary N) is 1. The molecule has 0 aliphatic heterocycles. The van der Waals surface area contributed by atoms with Crippen LogP contribution in [0.15, 0.2) is 0 Å². The molecule has 2 N–H and O–H groups in total. The minimum Gasteiger partial charge on any atom is -0.389 e. The van der Waals surface area contributed by atoms with E-state index < -0.39 is 18.2 Å². The molecule has 0 aromatic rings. The summed E-state index contributed by atoms with van der Waals surface area (Å²) in [5, 5.41) is 12.9. The standard InChI is InChI=1S/C11H20F3NO/c1-9(4-2-7-11(12,13)14)15-8-10(16)5-3-6-10/h9,15-16H,2-8H2,1H3. The molecule has 0 aromatic carbocycles.